The van der Waals surface area contributed by atoms with Crippen molar-refractivity contribution in [3.63, 3.8) is 0 Å². The van der Waals surface area contributed by atoms with Crippen LogP contribution in [0.2, 0.25) is 0 Å². The second-order valence-corrected chi connectivity index (χ2v) is 6.33. The van der Waals surface area contributed by atoms with Crippen LogP contribution >= 0.6 is 0 Å². The molecule has 1 saturated heterocycles. The average Bonchev–Trinajstić information content (AvgIpc) is 2.77. The minimum atomic E-state index is -0.0745. The first-order valence-corrected chi connectivity index (χ1v) is 8.97. The van der Waals surface area contributed by atoms with Crippen molar-refractivity contribution in [1.82, 2.24) is 15.0 Å². The predicted octanol–water partition coefficient (Wildman–Crippen LogP) is 2.63. The Balaban J connectivity index is 1.78. The summed E-state index contributed by atoms with van der Waals surface area (Å²) in [5.74, 6) is 2.41. The number of pyridine rings is 1. The van der Waals surface area contributed by atoms with E-state index in [0.29, 0.717) is 35.9 Å². The number of fused-ring (bicyclic) bond motifs is 1. The molecule has 4 rings (SSSR count). The zero-order valence-corrected chi connectivity index (χ0v) is 16.1. The van der Waals surface area contributed by atoms with Crippen LogP contribution in [0.25, 0.3) is 10.9 Å². The highest BCUT2D eigenvalue weighted by molar-refractivity contribution is 5.97. The molecule has 0 amide bonds. The Kier molecular flexibility index (Phi) is 5.12. The van der Waals surface area contributed by atoms with Crippen LogP contribution in [0.5, 0.6) is 17.2 Å². The van der Waals surface area contributed by atoms with Crippen molar-refractivity contribution < 1.29 is 18.9 Å². The van der Waals surface area contributed by atoms with Crippen LogP contribution in [0.1, 0.15) is 11.7 Å². The van der Waals surface area contributed by atoms with Crippen molar-refractivity contribution in [3.05, 3.63) is 42.5 Å². The molecule has 1 aliphatic heterocycles. The maximum absolute atomic E-state index is 5.96. The van der Waals surface area contributed by atoms with E-state index in [1.165, 1.54) is 0 Å². The summed E-state index contributed by atoms with van der Waals surface area (Å²) in [6.45, 7) is 1.98. The van der Waals surface area contributed by atoms with Gasteiger partial charge >= 0.3 is 0 Å². The Bertz CT molecular complexity index is 967. The van der Waals surface area contributed by atoms with E-state index in [2.05, 4.69) is 19.9 Å². The zero-order valence-electron chi connectivity index (χ0n) is 16.1. The second-order valence-electron chi connectivity index (χ2n) is 6.33. The molecule has 1 aromatic carbocycles. The van der Waals surface area contributed by atoms with Gasteiger partial charge in [-0.05, 0) is 12.1 Å². The van der Waals surface area contributed by atoms with Gasteiger partial charge in [0.15, 0.2) is 11.5 Å². The third kappa shape index (κ3) is 3.16. The van der Waals surface area contributed by atoms with Crippen molar-refractivity contribution in [2.45, 2.75) is 6.10 Å². The molecule has 0 aliphatic carbocycles. The Labute approximate surface area is 163 Å². The maximum atomic E-state index is 5.96. The number of hydrogen-bond acceptors (Lipinski definition) is 8. The topological polar surface area (TPSA) is 78.8 Å². The molecule has 0 spiro atoms. The molecule has 2 aromatic heterocycles. The predicted molar refractivity (Wildman–Crippen MR) is 104 cm³/mol. The van der Waals surface area contributed by atoms with Crippen LogP contribution in [0, 0.1) is 0 Å². The number of aromatic nitrogens is 3. The Morgan fingerprint density at radius 2 is 1.96 bits per heavy atom. The number of hydrogen-bond donors (Lipinski definition) is 0. The summed E-state index contributed by atoms with van der Waals surface area (Å²) in [7, 11) is 4.76. The van der Waals surface area contributed by atoms with E-state index in [4.69, 9.17) is 18.9 Å². The molecule has 1 atom stereocenters. The van der Waals surface area contributed by atoms with E-state index >= 15 is 0 Å². The van der Waals surface area contributed by atoms with Gasteiger partial charge < -0.3 is 23.8 Å². The van der Waals surface area contributed by atoms with E-state index < -0.39 is 0 Å². The highest BCUT2D eigenvalue weighted by Crippen LogP contribution is 2.44. The molecular formula is C20H22N4O4. The number of benzene rings is 1. The van der Waals surface area contributed by atoms with Crippen molar-refractivity contribution in [1.29, 1.82) is 0 Å². The lowest BCUT2D eigenvalue weighted by atomic mass is 10.1. The van der Waals surface area contributed by atoms with Crippen molar-refractivity contribution in [2.75, 3.05) is 45.9 Å². The van der Waals surface area contributed by atoms with Crippen LogP contribution in [-0.2, 0) is 4.74 Å². The quantitative estimate of drug-likeness (QED) is 0.666. The molecule has 1 aliphatic rings. The fraction of sp³-hybridized carbons (Fsp3) is 0.350. The lowest BCUT2D eigenvalue weighted by Crippen LogP contribution is -2.39. The SMILES string of the molecule is COc1cc2c(N3CCOC(c4cccnc4)C3)ncnc2c(OC)c1OC. The summed E-state index contributed by atoms with van der Waals surface area (Å²) in [5.41, 5.74) is 1.72. The van der Waals surface area contributed by atoms with Crippen LogP contribution in [0.15, 0.2) is 36.9 Å². The first kappa shape index (κ1) is 18.2. The number of methoxy groups -OCH3 is 3. The van der Waals surface area contributed by atoms with E-state index in [0.717, 1.165) is 23.3 Å². The van der Waals surface area contributed by atoms with Gasteiger partial charge in [0.05, 0.1) is 33.3 Å². The molecule has 0 bridgehead atoms. The molecule has 3 heterocycles. The summed E-state index contributed by atoms with van der Waals surface area (Å²) in [5, 5.41) is 0.837. The standard InChI is InChI=1S/C20H22N4O4/c1-25-15-9-14-17(19(27-3)18(15)26-2)22-12-23-20(14)24-7-8-28-16(11-24)13-5-4-6-21-10-13/h4-6,9-10,12,16H,7-8,11H2,1-3H3. The van der Waals surface area contributed by atoms with Crippen LogP contribution in [0.3, 0.4) is 0 Å². The molecule has 8 nitrogen and oxygen atoms in total. The summed E-state index contributed by atoms with van der Waals surface area (Å²) < 4.78 is 22.5. The summed E-state index contributed by atoms with van der Waals surface area (Å²) >= 11 is 0. The Morgan fingerprint density at radius 1 is 1.11 bits per heavy atom. The lowest BCUT2D eigenvalue weighted by Gasteiger charge is -2.34. The third-order valence-corrected chi connectivity index (χ3v) is 4.83. The van der Waals surface area contributed by atoms with Gasteiger partial charge in [0.1, 0.15) is 23.8 Å². The van der Waals surface area contributed by atoms with E-state index in [1.54, 1.807) is 33.9 Å². The molecule has 28 heavy (non-hydrogen) atoms. The van der Waals surface area contributed by atoms with Gasteiger partial charge in [-0.25, -0.2) is 9.97 Å². The first-order valence-electron chi connectivity index (χ1n) is 8.97. The first-order chi connectivity index (χ1) is 13.8. The Hall–Kier alpha value is -3.13. The van der Waals surface area contributed by atoms with Crippen LogP contribution in [0.4, 0.5) is 5.82 Å². The number of morpholine rings is 1. The zero-order chi connectivity index (χ0) is 19.5. The van der Waals surface area contributed by atoms with Gasteiger partial charge in [-0.3, -0.25) is 4.98 Å². The molecule has 1 fully saturated rings. The fourth-order valence-electron chi connectivity index (χ4n) is 3.51. The summed E-state index contributed by atoms with van der Waals surface area (Å²) in [6.07, 6.45) is 5.06. The second kappa shape index (κ2) is 7.85. The van der Waals surface area contributed by atoms with Crippen LogP contribution in [-0.4, -0.2) is 56.0 Å². The summed E-state index contributed by atoms with van der Waals surface area (Å²) in [4.78, 5) is 15.4. The Morgan fingerprint density at radius 3 is 2.68 bits per heavy atom. The van der Waals surface area contributed by atoms with Gasteiger partial charge in [-0.2, -0.15) is 0 Å². The normalized spacial score (nSPS) is 16.8. The number of ether oxygens (including phenoxy) is 4. The maximum Gasteiger partial charge on any atom is 0.205 e. The molecule has 8 heteroatoms. The van der Waals surface area contributed by atoms with Gasteiger partial charge in [0, 0.05) is 31.0 Å². The molecular weight excluding hydrogens is 360 g/mol. The smallest absolute Gasteiger partial charge is 0.205 e. The van der Waals surface area contributed by atoms with Gasteiger partial charge in [-0.15, -0.1) is 0 Å². The summed E-state index contributed by atoms with van der Waals surface area (Å²) in [6, 6.07) is 5.83. The van der Waals surface area contributed by atoms with Gasteiger partial charge in [-0.1, -0.05) is 6.07 Å². The monoisotopic (exact) mass is 382 g/mol. The van der Waals surface area contributed by atoms with Gasteiger partial charge in [0.25, 0.3) is 0 Å². The van der Waals surface area contributed by atoms with Crippen molar-refractivity contribution in [3.8, 4) is 17.2 Å². The molecule has 0 radical (unpaired) electrons. The lowest BCUT2D eigenvalue weighted by molar-refractivity contribution is 0.0394. The highest BCUT2D eigenvalue weighted by atomic mass is 16.5. The average molecular weight is 382 g/mol. The number of rotatable bonds is 5. The molecule has 0 N–H and O–H groups in total. The van der Waals surface area contributed by atoms with Gasteiger partial charge in [0.2, 0.25) is 5.75 Å². The molecule has 3 aromatic rings. The van der Waals surface area contributed by atoms with E-state index in [9.17, 15) is 0 Å². The highest BCUT2D eigenvalue weighted by Gasteiger charge is 2.26. The van der Waals surface area contributed by atoms with E-state index in [-0.39, 0.29) is 6.10 Å². The molecule has 0 saturated carbocycles. The van der Waals surface area contributed by atoms with E-state index in [1.807, 2.05) is 24.4 Å². The van der Waals surface area contributed by atoms with Crippen LogP contribution < -0.4 is 19.1 Å². The molecule has 1 unspecified atom stereocenters. The largest absolute Gasteiger partial charge is 0.493 e. The number of nitrogens with zero attached hydrogens (tertiary/aromatic N) is 4. The molecule has 146 valence electrons. The minimum absolute atomic E-state index is 0.0745. The number of anilines is 1. The minimum Gasteiger partial charge on any atom is -0.493 e. The van der Waals surface area contributed by atoms with Crippen molar-refractivity contribution >= 4 is 16.7 Å². The third-order valence-electron chi connectivity index (χ3n) is 4.83. The fourth-order valence-corrected chi connectivity index (χ4v) is 3.51. The van der Waals surface area contributed by atoms with Crippen molar-refractivity contribution in [2.24, 2.45) is 0 Å².